The SMILES string of the molecule is CC(CC#N)CC(=O)C(C)c1ccc(O[C@@H]2CCN(c3ccc(OCC4CC4(F)F)cn3)C2)cc1. The van der Waals surface area contributed by atoms with E-state index in [1.165, 1.54) is 0 Å². The van der Waals surface area contributed by atoms with Crippen LogP contribution in [0.1, 0.15) is 51.0 Å². The first-order chi connectivity index (χ1) is 16.7. The van der Waals surface area contributed by atoms with Crippen molar-refractivity contribution in [1.29, 1.82) is 5.26 Å². The first kappa shape index (κ1) is 24.9. The average molecular weight is 484 g/mol. The second kappa shape index (κ2) is 10.6. The summed E-state index contributed by atoms with van der Waals surface area (Å²) in [5.74, 6) is -1.22. The number of benzene rings is 1. The van der Waals surface area contributed by atoms with Crippen LogP contribution >= 0.6 is 0 Å². The molecule has 0 amide bonds. The van der Waals surface area contributed by atoms with Crippen molar-refractivity contribution in [3.63, 3.8) is 0 Å². The van der Waals surface area contributed by atoms with Gasteiger partial charge in [-0.3, -0.25) is 4.79 Å². The van der Waals surface area contributed by atoms with Crippen LogP contribution in [0.5, 0.6) is 11.5 Å². The Morgan fingerprint density at radius 2 is 1.94 bits per heavy atom. The van der Waals surface area contributed by atoms with Crippen LogP contribution in [0.15, 0.2) is 42.6 Å². The summed E-state index contributed by atoms with van der Waals surface area (Å²) in [6.45, 7) is 5.33. The molecule has 0 radical (unpaired) electrons. The third-order valence-corrected chi connectivity index (χ3v) is 6.75. The second-order valence-corrected chi connectivity index (χ2v) is 9.73. The second-order valence-electron chi connectivity index (χ2n) is 9.73. The van der Waals surface area contributed by atoms with Gasteiger partial charge in [-0.15, -0.1) is 0 Å². The lowest BCUT2D eigenvalue weighted by Crippen LogP contribution is -2.25. The molecule has 1 aliphatic heterocycles. The van der Waals surface area contributed by atoms with Gasteiger partial charge in [-0.1, -0.05) is 26.0 Å². The molecule has 2 aromatic rings. The normalized spacial score (nSPS) is 22.2. The number of nitriles is 1. The molecule has 4 rings (SSSR count). The quantitative estimate of drug-likeness (QED) is 0.427. The molecule has 1 saturated carbocycles. The highest BCUT2D eigenvalue weighted by Gasteiger charge is 2.57. The number of alkyl halides is 2. The first-order valence-corrected chi connectivity index (χ1v) is 12.1. The van der Waals surface area contributed by atoms with Crippen LogP contribution < -0.4 is 14.4 Å². The predicted octanol–water partition coefficient (Wildman–Crippen LogP) is 5.39. The minimum atomic E-state index is -2.58. The van der Waals surface area contributed by atoms with Gasteiger partial charge < -0.3 is 14.4 Å². The highest BCUT2D eigenvalue weighted by atomic mass is 19.3. The van der Waals surface area contributed by atoms with Gasteiger partial charge in [0.1, 0.15) is 29.2 Å². The summed E-state index contributed by atoms with van der Waals surface area (Å²) in [5.41, 5.74) is 0.941. The number of anilines is 1. The first-order valence-electron chi connectivity index (χ1n) is 12.1. The highest BCUT2D eigenvalue weighted by Crippen LogP contribution is 2.48. The van der Waals surface area contributed by atoms with Gasteiger partial charge in [-0.05, 0) is 35.7 Å². The number of ether oxygens (including phenoxy) is 2. The number of nitrogens with zero attached hydrogens (tertiary/aromatic N) is 3. The fourth-order valence-corrected chi connectivity index (χ4v) is 4.29. The van der Waals surface area contributed by atoms with Crippen molar-refractivity contribution in [1.82, 2.24) is 4.98 Å². The van der Waals surface area contributed by atoms with E-state index in [0.29, 0.717) is 25.1 Å². The lowest BCUT2D eigenvalue weighted by molar-refractivity contribution is -0.120. The van der Waals surface area contributed by atoms with Crippen LogP contribution in [-0.4, -0.2) is 42.5 Å². The molecule has 1 aromatic heterocycles. The third kappa shape index (κ3) is 6.47. The largest absolute Gasteiger partial charge is 0.491 e. The summed E-state index contributed by atoms with van der Waals surface area (Å²) in [6.07, 6.45) is 3.13. The van der Waals surface area contributed by atoms with Crippen molar-refractivity contribution in [3.05, 3.63) is 48.2 Å². The maximum atomic E-state index is 13.0. The number of hydrogen-bond acceptors (Lipinski definition) is 6. The molecule has 2 heterocycles. The van der Waals surface area contributed by atoms with Crippen LogP contribution in [0.25, 0.3) is 0 Å². The Hall–Kier alpha value is -3.21. The average Bonchev–Trinajstić information content (AvgIpc) is 3.21. The molecule has 8 heteroatoms. The molecular formula is C27H31F2N3O3. The Kier molecular flexibility index (Phi) is 7.54. The highest BCUT2D eigenvalue weighted by molar-refractivity contribution is 5.85. The molecule has 1 aromatic carbocycles. The standard InChI is InChI=1S/C27H31F2N3O3/c1-18(9-11-30)13-25(33)19(2)20-3-5-22(6-4-20)35-24-10-12-32(16-24)26-8-7-23(15-31-26)34-17-21-14-27(21,28)29/h3-8,15,18-19,21,24H,9-10,12-14,16-17H2,1-2H3/t18?,19?,21?,24-/m1/s1. The van der Waals surface area contributed by atoms with Gasteiger partial charge in [-0.2, -0.15) is 5.26 Å². The molecule has 0 N–H and O–H groups in total. The van der Waals surface area contributed by atoms with Crippen LogP contribution in [0.2, 0.25) is 0 Å². The minimum Gasteiger partial charge on any atom is -0.491 e. The summed E-state index contributed by atoms with van der Waals surface area (Å²) >= 11 is 0. The lowest BCUT2D eigenvalue weighted by atomic mass is 9.90. The molecule has 4 atom stereocenters. The summed E-state index contributed by atoms with van der Waals surface area (Å²) in [6, 6.07) is 13.4. The van der Waals surface area contributed by atoms with E-state index < -0.39 is 11.8 Å². The molecule has 2 aliphatic rings. The van der Waals surface area contributed by atoms with Crippen molar-refractivity contribution < 1.29 is 23.0 Å². The van der Waals surface area contributed by atoms with E-state index in [1.807, 2.05) is 44.2 Å². The van der Waals surface area contributed by atoms with Gasteiger partial charge in [-0.25, -0.2) is 13.8 Å². The topological polar surface area (TPSA) is 75.5 Å². The van der Waals surface area contributed by atoms with E-state index in [-0.39, 0.29) is 36.8 Å². The number of carbonyl (C=O) groups excluding carboxylic acids is 1. The summed E-state index contributed by atoms with van der Waals surface area (Å²) in [5, 5.41) is 8.79. The number of halogens is 2. The molecule has 0 spiro atoms. The van der Waals surface area contributed by atoms with Gasteiger partial charge in [0.25, 0.3) is 5.92 Å². The van der Waals surface area contributed by atoms with E-state index in [9.17, 15) is 13.6 Å². The van der Waals surface area contributed by atoms with E-state index >= 15 is 0 Å². The Bertz CT molecular complexity index is 1050. The van der Waals surface area contributed by atoms with Gasteiger partial charge in [0.2, 0.25) is 0 Å². The Balaban J connectivity index is 1.24. The van der Waals surface area contributed by atoms with Crippen LogP contribution in [-0.2, 0) is 4.79 Å². The van der Waals surface area contributed by atoms with Crippen molar-refractivity contribution in [3.8, 4) is 17.6 Å². The molecule has 35 heavy (non-hydrogen) atoms. The van der Waals surface area contributed by atoms with Gasteiger partial charge in [0.15, 0.2) is 0 Å². The lowest BCUT2D eigenvalue weighted by Gasteiger charge is -2.19. The Labute approximate surface area is 204 Å². The zero-order chi connectivity index (χ0) is 25.0. The van der Waals surface area contributed by atoms with Crippen LogP contribution in [0.3, 0.4) is 0 Å². The number of pyridine rings is 1. The van der Waals surface area contributed by atoms with Gasteiger partial charge in [0.05, 0.1) is 31.3 Å². The zero-order valence-corrected chi connectivity index (χ0v) is 20.1. The Morgan fingerprint density at radius 1 is 1.23 bits per heavy atom. The zero-order valence-electron chi connectivity index (χ0n) is 20.1. The molecule has 0 bridgehead atoms. The monoisotopic (exact) mass is 483 g/mol. The van der Waals surface area contributed by atoms with E-state index in [1.54, 1.807) is 12.3 Å². The van der Waals surface area contributed by atoms with Crippen LogP contribution in [0, 0.1) is 23.2 Å². The van der Waals surface area contributed by atoms with Crippen molar-refractivity contribution in [2.75, 3.05) is 24.6 Å². The predicted molar refractivity (Wildman–Crippen MR) is 128 cm³/mol. The molecular weight excluding hydrogens is 452 g/mol. The smallest absolute Gasteiger partial charge is 0.255 e. The Morgan fingerprint density at radius 3 is 2.57 bits per heavy atom. The number of ketones is 1. The number of Topliss-reactive ketones (excluding diaryl/α,β-unsaturated/α-hetero) is 1. The molecule has 2 fully saturated rings. The molecule has 1 saturated heterocycles. The minimum absolute atomic E-state index is 0.0136. The van der Waals surface area contributed by atoms with E-state index in [2.05, 4.69) is 16.0 Å². The molecule has 1 aliphatic carbocycles. The summed E-state index contributed by atoms with van der Waals surface area (Å²) < 4.78 is 37.5. The molecule has 3 unspecified atom stereocenters. The van der Waals surface area contributed by atoms with E-state index in [4.69, 9.17) is 14.7 Å². The fraction of sp³-hybridized carbons (Fsp3) is 0.519. The summed E-state index contributed by atoms with van der Waals surface area (Å²) in [7, 11) is 0. The third-order valence-electron chi connectivity index (χ3n) is 6.75. The van der Waals surface area contributed by atoms with Crippen molar-refractivity contribution in [2.45, 2.75) is 57.5 Å². The van der Waals surface area contributed by atoms with Gasteiger partial charge in [0, 0.05) is 38.1 Å². The van der Waals surface area contributed by atoms with Crippen molar-refractivity contribution in [2.24, 2.45) is 11.8 Å². The fourth-order valence-electron chi connectivity index (χ4n) is 4.29. The maximum Gasteiger partial charge on any atom is 0.255 e. The van der Waals surface area contributed by atoms with Crippen LogP contribution in [0.4, 0.5) is 14.6 Å². The van der Waals surface area contributed by atoms with Crippen molar-refractivity contribution >= 4 is 11.6 Å². The molecule has 186 valence electrons. The van der Waals surface area contributed by atoms with E-state index in [0.717, 1.165) is 30.1 Å². The summed E-state index contributed by atoms with van der Waals surface area (Å²) in [4.78, 5) is 19.0. The number of carbonyl (C=O) groups is 1. The number of aromatic nitrogens is 1. The number of hydrogen-bond donors (Lipinski definition) is 0. The maximum absolute atomic E-state index is 13.0. The number of rotatable bonds is 11. The molecule has 6 nitrogen and oxygen atoms in total. The van der Waals surface area contributed by atoms with Gasteiger partial charge >= 0.3 is 0 Å².